The maximum atomic E-state index is 11.8. The second kappa shape index (κ2) is 6.27. The lowest BCUT2D eigenvalue weighted by atomic mass is 10.2. The van der Waals surface area contributed by atoms with Gasteiger partial charge in [0, 0.05) is 25.6 Å². The van der Waals surface area contributed by atoms with Crippen molar-refractivity contribution < 1.29 is 14.3 Å². The Balaban J connectivity index is 1.85. The minimum atomic E-state index is -0.387. The second-order valence-corrected chi connectivity index (χ2v) is 5.79. The van der Waals surface area contributed by atoms with Gasteiger partial charge >= 0.3 is 0 Å². The molecule has 1 fully saturated rings. The molecule has 1 aliphatic rings. The first-order valence-electron chi connectivity index (χ1n) is 7.18. The highest BCUT2D eigenvalue weighted by molar-refractivity contribution is 5.91. The van der Waals surface area contributed by atoms with Crippen LogP contribution in [0.2, 0.25) is 0 Å². The van der Waals surface area contributed by atoms with Gasteiger partial charge in [-0.05, 0) is 43.9 Å². The molecule has 1 aliphatic carbocycles. The summed E-state index contributed by atoms with van der Waals surface area (Å²) in [5.41, 5.74) is 0. The third-order valence-electron chi connectivity index (χ3n) is 3.77. The Morgan fingerprint density at radius 3 is 2.90 bits per heavy atom. The number of carbonyl (C=O) groups is 1. The number of hydrogen-bond donors (Lipinski definition) is 1. The van der Waals surface area contributed by atoms with Crippen LogP contribution in [0.4, 0.5) is 0 Å². The highest BCUT2D eigenvalue weighted by Crippen LogP contribution is 2.47. The zero-order chi connectivity index (χ0) is 14.7. The smallest absolute Gasteiger partial charge is 0.246 e. The van der Waals surface area contributed by atoms with Crippen molar-refractivity contribution in [3.05, 3.63) is 29.7 Å². The molecule has 4 heteroatoms. The van der Waals surface area contributed by atoms with Gasteiger partial charge in [0.05, 0.1) is 6.10 Å². The molecule has 1 aromatic rings. The Morgan fingerprint density at radius 2 is 2.30 bits per heavy atom. The molecule has 0 saturated heterocycles. The van der Waals surface area contributed by atoms with Gasteiger partial charge in [0.25, 0.3) is 0 Å². The summed E-state index contributed by atoms with van der Waals surface area (Å²) in [6, 6.07) is 3.90. The molecule has 1 N–H and O–H groups in total. The summed E-state index contributed by atoms with van der Waals surface area (Å²) >= 11 is 0. The fourth-order valence-electron chi connectivity index (χ4n) is 2.15. The van der Waals surface area contributed by atoms with Gasteiger partial charge in [0.1, 0.15) is 11.5 Å². The first kappa shape index (κ1) is 14.9. The van der Waals surface area contributed by atoms with E-state index in [0.717, 1.165) is 11.5 Å². The average Bonchev–Trinajstić information content (AvgIpc) is 2.95. The molecule has 0 bridgehead atoms. The van der Waals surface area contributed by atoms with E-state index in [1.54, 1.807) is 24.9 Å². The monoisotopic (exact) mass is 277 g/mol. The van der Waals surface area contributed by atoms with Crippen LogP contribution in [-0.4, -0.2) is 35.6 Å². The van der Waals surface area contributed by atoms with E-state index in [0.29, 0.717) is 24.8 Å². The molecule has 110 valence electrons. The highest BCUT2D eigenvalue weighted by atomic mass is 16.3. The lowest BCUT2D eigenvalue weighted by Gasteiger charge is -2.15. The molecule has 0 aliphatic heterocycles. The van der Waals surface area contributed by atoms with E-state index in [1.165, 1.54) is 12.5 Å². The lowest BCUT2D eigenvalue weighted by Crippen LogP contribution is -2.27. The summed E-state index contributed by atoms with van der Waals surface area (Å²) in [6.45, 7) is 4.48. The third kappa shape index (κ3) is 3.97. The quantitative estimate of drug-likeness (QED) is 0.813. The Morgan fingerprint density at radius 1 is 1.60 bits per heavy atom. The van der Waals surface area contributed by atoms with Crippen LogP contribution in [0.5, 0.6) is 0 Å². The van der Waals surface area contributed by atoms with Crippen molar-refractivity contribution in [2.45, 2.75) is 38.7 Å². The van der Waals surface area contributed by atoms with Crippen molar-refractivity contribution in [1.82, 2.24) is 4.90 Å². The van der Waals surface area contributed by atoms with E-state index in [1.807, 2.05) is 12.1 Å². The fraction of sp³-hybridized carbons (Fsp3) is 0.562. The van der Waals surface area contributed by atoms with Crippen LogP contribution in [0.3, 0.4) is 0 Å². The van der Waals surface area contributed by atoms with Crippen molar-refractivity contribution in [2.24, 2.45) is 5.92 Å². The zero-order valence-corrected chi connectivity index (χ0v) is 12.4. The first-order chi connectivity index (χ1) is 9.47. The number of aliphatic hydroxyl groups is 1. The summed E-state index contributed by atoms with van der Waals surface area (Å²) in [5.74, 6) is 2.93. The van der Waals surface area contributed by atoms with Gasteiger partial charge in [-0.25, -0.2) is 0 Å². The largest absolute Gasteiger partial charge is 0.461 e. The van der Waals surface area contributed by atoms with Crippen LogP contribution in [0.15, 0.2) is 22.6 Å². The van der Waals surface area contributed by atoms with E-state index in [-0.39, 0.29) is 12.0 Å². The van der Waals surface area contributed by atoms with E-state index in [9.17, 15) is 9.90 Å². The maximum Gasteiger partial charge on any atom is 0.246 e. The molecule has 1 amide bonds. The summed E-state index contributed by atoms with van der Waals surface area (Å²) in [7, 11) is 1.73. The predicted molar refractivity (Wildman–Crippen MR) is 78.2 cm³/mol. The van der Waals surface area contributed by atoms with E-state index < -0.39 is 0 Å². The third-order valence-corrected chi connectivity index (χ3v) is 3.77. The molecule has 20 heavy (non-hydrogen) atoms. The van der Waals surface area contributed by atoms with E-state index in [4.69, 9.17) is 4.42 Å². The molecule has 0 radical (unpaired) electrons. The van der Waals surface area contributed by atoms with E-state index in [2.05, 4.69) is 6.92 Å². The number of rotatable bonds is 6. The Hall–Kier alpha value is -1.55. The van der Waals surface area contributed by atoms with Crippen LogP contribution in [-0.2, 0) is 4.79 Å². The molecular formula is C16H23NO3. The van der Waals surface area contributed by atoms with E-state index >= 15 is 0 Å². The van der Waals surface area contributed by atoms with Gasteiger partial charge in [-0.15, -0.1) is 0 Å². The van der Waals surface area contributed by atoms with Gasteiger partial charge < -0.3 is 14.4 Å². The van der Waals surface area contributed by atoms with Crippen molar-refractivity contribution in [3.8, 4) is 0 Å². The van der Waals surface area contributed by atoms with Crippen LogP contribution in [0, 0.1) is 5.92 Å². The van der Waals surface area contributed by atoms with Gasteiger partial charge in [-0.3, -0.25) is 4.79 Å². The molecule has 3 atom stereocenters. The minimum absolute atomic E-state index is 0.0802. The van der Waals surface area contributed by atoms with Crippen LogP contribution < -0.4 is 0 Å². The van der Waals surface area contributed by atoms with Gasteiger partial charge in [-0.2, -0.15) is 0 Å². The molecule has 1 heterocycles. The molecule has 1 saturated carbocycles. The predicted octanol–water partition coefficient (Wildman–Crippen LogP) is 2.65. The molecular weight excluding hydrogens is 254 g/mol. The van der Waals surface area contributed by atoms with Crippen molar-refractivity contribution >= 4 is 12.0 Å². The van der Waals surface area contributed by atoms with Gasteiger partial charge in [-0.1, -0.05) is 6.92 Å². The van der Waals surface area contributed by atoms with Crippen molar-refractivity contribution in [1.29, 1.82) is 0 Å². The minimum Gasteiger partial charge on any atom is -0.461 e. The molecule has 0 aromatic carbocycles. The molecule has 3 unspecified atom stereocenters. The Bertz CT molecular complexity index is 490. The molecule has 0 spiro atoms. The summed E-state index contributed by atoms with van der Waals surface area (Å²) in [6.07, 6.45) is 4.61. The van der Waals surface area contributed by atoms with Crippen LogP contribution >= 0.6 is 0 Å². The number of carbonyl (C=O) groups excluding carboxylic acids is 1. The molecule has 4 nitrogen and oxygen atoms in total. The molecule has 1 aromatic heterocycles. The summed E-state index contributed by atoms with van der Waals surface area (Å²) < 4.78 is 5.71. The van der Waals surface area contributed by atoms with Gasteiger partial charge in [0.15, 0.2) is 0 Å². The topological polar surface area (TPSA) is 53.7 Å². The number of amides is 1. The second-order valence-electron chi connectivity index (χ2n) is 5.79. The fourth-order valence-corrected chi connectivity index (χ4v) is 2.15. The SMILES string of the molecule is CC(O)CCN(C)C(=O)/C=C/c1ccc(C2CC2C)o1. The Kier molecular flexibility index (Phi) is 4.65. The standard InChI is InChI=1S/C16H23NO3/c1-11-10-14(11)15-6-4-13(20-15)5-7-16(19)17(3)9-8-12(2)18/h4-7,11-12,14,18H,8-10H2,1-3H3/b7-5+. The number of nitrogens with zero attached hydrogens (tertiary/aromatic N) is 1. The van der Waals surface area contributed by atoms with Crippen molar-refractivity contribution in [2.75, 3.05) is 13.6 Å². The number of likely N-dealkylation sites (N-methyl/N-ethyl adjacent to an activating group) is 1. The van der Waals surface area contributed by atoms with Crippen LogP contribution in [0.25, 0.3) is 6.08 Å². The van der Waals surface area contributed by atoms with Gasteiger partial charge in [0.2, 0.25) is 5.91 Å². The Labute approximate surface area is 120 Å². The molecule has 2 rings (SSSR count). The summed E-state index contributed by atoms with van der Waals surface area (Å²) in [5, 5.41) is 9.20. The number of furan rings is 1. The summed E-state index contributed by atoms with van der Waals surface area (Å²) in [4.78, 5) is 13.4. The average molecular weight is 277 g/mol. The van der Waals surface area contributed by atoms with Crippen molar-refractivity contribution in [3.63, 3.8) is 0 Å². The maximum absolute atomic E-state index is 11.8. The zero-order valence-electron chi connectivity index (χ0n) is 12.4. The van der Waals surface area contributed by atoms with Crippen LogP contribution in [0.1, 0.15) is 44.1 Å². The highest BCUT2D eigenvalue weighted by Gasteiger charge is 2.36. The lowest BCUT2D eigenvalue weighted by molar-refractivity contribution is -0.124. The number of hydrogen-bond acceptors (Lipinski definition) is 3. The normalized spacial score (nSPS) is 23.0. The first-order valence-corrected chi connectivity index (χ1v) is 7.18. The number of aliphatic hydroxyl groups excluding tert-OH is 1.